The van der Waals surface area contributed by atoms with Gasteiger partial charge in [-0.25, -0.2) is 8.78 Å². The molecule has 1 rings (SSSR count). The maximum absolute atomic E-state index is 12.3. The maximum Gasteiger partial charge on any atom is 0.251 e. The highest BCUT2D eigenvalue weighted by molar-refractivity contribution is 5.93. The van der Waals surface area contributed by atoms with Gasteiger partial charge >= 0.3 is 0 Å². The van der Waals surface area contributed by atoms with Crippen molar-refractivity contribution in [3.05, 3.63) is 11.4 Å². The van der Waals surface area contributed by atoms with Gasteiger partial charge in [-0.1, -0.05) is 0 Å². The van der Waals surface area contributed by atoms with Crippen LogP contribution in [-0.2, 0) is 11.8 Å². The number of alkyl halides is 2. The Morgan fingerprint density at radius 2 is 2.15 bits per heavy atom. The van der Waals surface area contributed by atoms with E-state index in [0.29, 0.717) is 11.4 Å². The minimum atomic E-state index is -2.55. The first-order valence-electron chi connectivity index (χ1n) is 6.26. The van der Waals surface area contributed by atoms with Crippen LogP contribution in [-0.4, -0.2) is 58.4 Å². The van der Waals surface area contributed by atoms with E-state index in [1.807, 2.05) is 0 Å². The fourth-order valence-electron chi connectivity index (χ4n) is 1.91. The summed E-state index contributed by atoms with van der Waals surface area (Å²) in [7, 11) is 1.76. The quantitative estimate of drug-likeness (QED) is 0.769. The standard InChI is InChI=1S/C12H20F2N4O2/c1-8-12(9(2)17(3)16-8)15-11(20)7-18(4-5-19)6-10(13)14/h10,19H,4-7H2,1-3H3,(H,15,20). The van der Waals surface area contributed by atoms with Gasteiger partial charge in [-0.3, -0.25) is 14.4 Å². The molecular formula is C12H20F2N4O2. The summed E-state index contributed by atoms with van der Waals surface area (Å²) in [5, 5.41) is 15.6. The Morgan fingerprint density at radius 3 is 2.60 bits per heavy atom. The van der Waals surface area contributed by atoms with E-state index >= 15 is 0 Å². The minimum Gasteiger partial charge on any atom is -0.395 e. The van der Waals surface area contributed by atoms with Crippen molar-refractivity contribution in [2.24, 2.45) is 7.05 Å². The second-order valence-electron chi connectivity index (χ2n) is 4.57. The summed E-state index contributed by atoms with van der Waals surface area (Å²) in [5.74, 6) is -0.404. The van der Waals surface area contributed by atoms with Gasteiger partial charge in [0.15, 0.2) is 0 Å². The number of aliphatic hydroxyl groups is 1. The van der Waals surface area contributed by atoms with Gasteiger partial charge in [-0.2, -0.15) is 5.10 Å². The lowest BCUT2D eigenvalue weighted by Gasteiger charge is -2.20. The number of rotatable bonds is 7. The molecular weight excluding hydrogens is 270 g/mol. The average Bonchev–Trinajstić information content (AvgIpc) is 2.55. The molecule has 0 aliphatic heterocycles. The van der Waals surface area contributed by atoms with Gasteiger partial charge in [0.25, 0.3) is 6.43 Å². The van der Waals surface area contributed by atoms with Crippen molar-refractivity contribution in [3.8, 4) is 0 Å². The highest BCUT2D eigenvalue weighted by Crippen LogP contribution is 2.18. The normalized spacial score (nSPS) is 11.4. The zero-order valence-corrected chi connectivity index (χ0v) is 11.9. The lowest BCUT2D eigenvalue weighted by molar-refractivity contribution is -0.117. The van der Waals surface area contributed by atoms with Crippen molar-refractivity contribution in [1.29, 1.82) is 0 Å². The zero-order chi connectivity index (χ0) is 15.3. The van der Waals surface area contributed by atoms with Crippen molar-refractivity contribution < 1.29 is 18.7 Å². The summed E-state index contributed by atoms with van der Waals surface area (Å²) < 4.78 is 26.3. The summed E-state index contributed by atoms with van der Waals surface area (Å²) in [4.78, 5) is 13.1. The van der Waals surface area contributed by atoms with E-state index in [9.17, 15) is 13.6 Å². The molecule has 0 atom stereocenters. The Kier molecular flexibility index (Phi) is 6.03. The summed E-state index contributed by atoms with van der Waals surface area (Å²) in [6, 6.07) is 0. The Bertz CT molecular complexity index is 463. The zero-order valence-electron chi connectivity index (χ0n) is 11.9. The van der Waals surface area contributed by atoms with Gasteiger partial charge < -0.3 is 10.4 Å². The van der Waals surface area contributed by atoms with Crippen molar-refractivity contribution in [2.45, 2.75) is 20.3 Å². The molecule has 0 bridgehead atoms. The van der Waals surface area contributed by atoms with Crippen molar-refractivity contribution in [3.63, 3.8) is 0 Å². The molecule has 1 aromatic rings. The molecule has 0 fully saturated rings. The van der Waals surface area contributed by atoms with E-state index < -0.39 is 18.9 Å². The Hall–Kier alpha value is -1.54. The van der Waals surface area contributed by atoms with Gasteiger partial charge in [0.2, 0.25) is 5.91 Å². The fourth-order valence-corrected chi connectivity index (χ4v) is 1.91. The van der Waals surface area contributed by atoms with Crippen LogP contribution in [0.15, 0.2) is 0 Å². The van der Waals surface area contributed by atoms with Gasteiger partial charge in [0, 0.05) is 13.6 Å². The summed E-state index contributed by atoms with van der Waals surface area (Å²) in [6.45, 7) is 2.58. The van der Waals surface area contributed by atoms with Crippen LogP contribution in [0.5, 0.6) is 0 Å². The Labute approximate surface area is 116 Å². The van der Waals surface area contributed by atoms with E-state index in [4.69, 9.17) is 5.11 Å². The molecule has 1 amide bonds. The molecule has 0 saturated heterocycles. The molecule has 2 N–H and O–H groups in total. The number of aromatic nitrogens is 2. The first kappa shape index (κ1) is 16.5. The molecule has 0 aliphatic rings. The molecule has 20 heavy (non-hydrogen) atoms. The molecule has 0 radical (unpaired) electrons. The molecule has 8 heteroatoms. The van der Waals surface area contributed by atoms with Crippen molar-refractivity contribution >= 4 is 11.6 Å². The van der Waals surface area contributed by atoms with Crippen LogP contribution in [0.25, 0.3) is 0 Å². The number of carbonyl (C=O) groups is 1. The minimum absolute atomic E-state index is 0.0305. The van der Waals surface area contributed by atoms with E-state index in [1.54, 1.807) is 25.6 Å². The smallest absolute Gasteiger partial charge is 0.251 e. The summed E-state index contributed by atoms with van der Waals surface area (Å²) >= 11 is 0. The number of nitrogens with one attached hydrogen (secondary N) is 1. The molecule has 6 nitrogen and oxygen atoms in total. The Balaban J connectivity index is 2.65. The number of amides is 1. The van der Waals surface area contributed by atoms with Gasteiger partial charge in [-0.05, 0) is 13.8 Å². The van der Waals surface area contributed by atoms with Gasteiger partial charge in [0.05, 0.1) is 36.8 Å². The summed E-state index contributed by atoms with van der Waals surface area (Å²) in [6.07, 6.45) is -2.55. The van der Waals surface area contributed by atoms with Gasteiger partial charge in [0.1, 0.15) is 0 Å². The van der Waals surface area contributed by atoms with Crippen LogP contribution in [0.3, 0.4) is 0 Å². The van der Waals surface area contributed by atoms with Crippen molar-refractivity contribution in [2.75, 3.05) is 31.6 Å². The lowest BCUT2D eigenvalue weighted by atomic mass is 10.3. The topological polar surface area (TPSA) is 70.4 Å². The number of hydrogen-bond donors (Lipinski definition) is 2. The molecule has 0 aromatic carbocycles. The molecule has 0 unspecified atom stereocenters. The third-order valence-corrected chi connectivity index (χ3v) is 2.95. The van der Waals surface area contributed by atoms with E-state index in [0.717, 1.165) is 5.69 Å². The van der Waals surface area contributed by atoms with Crippen LogP contribution in [0.1, 0.15) is 11.4 Å². The SMILES string of the molecule is Cc1nn(C)c(C)c1NC(=O)CN(CCO)CC(F)F. The predicted molar refractivity (Wildman–Crippen MR) is 70.8 cm³/mol. The number of aliphatic hydroxyl groups excluding tert-OH is 1. The van der Waals surface area contributed by atoms with Gasteiger partial charge in [-0.15, -0.1) is 0 Å². The van der Waals surface area contributed by atoms with Crippen LogP contribution in [0, 0.1) is 13.8 Å². The second-order valence-corrected chi connectivity index (χ2v) is 4.57. The third kappa shape index (κ3) is 4.53. The molecule has 114 valence electrons. The fraction of sp³-hybridized carbons (Fsp3) is 0.667. The highest BCUT2D eigenvalue weighted by atomic mass is 19.3. The van der Waals surface area contributed by atoms with E-state index in [1.165, 1.54) is 4.90 Å². The average molecular weight is 290 g/mol. The number of halogens is 2. The van der Waals surface area contributed by atoms with E-state index in [2.05, 4.69) is 10.4 Å². The lowest BCUT2D eigenvalue weighted by Crippen LogP contribution is -2.38. The second kappa shape index (κ2) is 7.30. The van der Waals surface area contributed by atoms with E-state index in [-0.39, 0.29) is 19.7 Å². The molecule has 0 aliphatic carbocycles. The number of carbonyl (C=O) groups excluding carboxylic acids is 1. The first-order valence-corrected chi connectivity index (χ1v) is 6.26. The number of anilines is 1. The molecule has 0 spiro atoms. The molecule has 1 heterocycles. The van der Waals surface area contributed by atoms with Crippen molar-refractivity contribution in [1.82, 2.24) is 14.7 Å². The van der Waals surface area contributed by atoms with Crippen LogP contribution < -0.4 is 5.32 Å². The highest BCUT2D eigenvalue weighted by Gasteiger charge is 2.17. The number of nitrogens with zero attached hydrogens (tertiary/aromatic N) is 3. The molecule has 0 saturated carbocycles. The summed E-state index contributed by atoms with van der Waals surface area (Å²) in [5.41, 5.74) is 2.05. The number of aryl methyl sites for hydroxylation is 2. The van der Waals surface area contributed by atoms with Crippen LogP contribution in [0.2, 0.25) is 0 Å². The maximum atomic E-state index is 12.3. The van der Waals surface area contributed by atoms with Crippen LogP contribution >= 0.6 is 0 Å². The number of hydrogen-bond acceptors (Lipinski definition) is 4. The largest absolute Gasteiger partial charge is 0.395 e. The monoisotopic (exact) mass is 290 g/mol. The van der Waals surface area contributed by atoms with Crippen LogP contribution in [0.4, 0.5) is 14.5 Å². The molecule has 1 aromatic heterocycles. The predicted octanol–water partition coefficient (Wildman–Crippen LogP) is 0.535. The first-order chi connectivity index (χ1) is 9.35. The Morgan fingerprint density at radius 1 is 1.50 bits per heavy atom. The third-order valence-electron chi connectivity index (χ3n) is 2.95.